The number of rotatable bonds is 8. The minimum atomic E-state index is -3.49. The van der Waals surface area contributed by atoms with E-state index in [1.165, 1.54) is 25.3 Å². The number of aliphatic hydroxyl groups excluding tert-OH is 1. The van der Waals surface area contributed by atoms with Gasteiger partial charge in [-0.05, 0) is 42.0 Å². The monoisotopic (exact) mass is 502 g/mol. The molecule has 0 aliphatic rings. The van der Waals surface area contributed by atoms with Gasteiger partial charge in [0, 0.05) is 54.0 Å². The van der Waals surface area contributed by atoms with E-state index < -0.39 is 15.9 Å². The standard InChI is InChI=1S/C25H24F2N2O5S/c1-25(26,27)34-18-6-4-5-16(11-18)14-29-21-9-8-19(35(3,31)32)12-20(21)24(22(29)15-30)17-7-10-23(33-2)28-13-17/h4-13,30H,14-15H2,1-3H3. The minimum Gasteiger partial charge on any atom is -0.481 e. The van der Waals surface area contributed by atoms with Crippen LogP contribution in [0.1, 0.15) is 18.2 Å². The lowest BCUT2D eigenvalue weighted by Gasteiger charge is -2.15. The Bertz CT molecular complexity index is 1480. The molecule has 2 aromatic carbocycles. The van der Waals surface area contributed by atoms with E-state index in [4.69, 9.17) is 9.47 Å². The Kier molecular flexibility index (Phi) is 6.52. The molecule has 0 saturated heterocycles. The van der Waals surface area contributed by atoms with Gasteiger partial charge < -0.3 is 19.1 Å². The summed E-state index contributed by atoms with van der Waals surface area (Å²) >= 11 is 0. The van der Waals surface area contributed by atoms with E-state index in [-0.39, 0.29) is 23.8 Å². The van der Waals surface area contributed by atoms with Gasteiger partial charge in [0.2, 0.25) is 5.88 Å². The fraction of sp³-hybridized carbons (Fsp3) is 0.240. The molecule has 0 saturated carbocycles. The van der Waals surface area contributed by atoms with Crippen LogP contribution in [0.15, 0.2) is 65.7 Å². The zero-order valence-corrected chi connectivity index (χ0v) is 20.1. The van der Waals surface area contributed by atoms with Crippen LogP contribution in [0.4, 0.5) is 8.78 Å². The zero-order chi connectivity index (χ0) is 25.4. The summed E-state index contributed by atoms with van der Waals surface area (Å²) in [6.07, 6.45) is -0.616. The maximum Gasteiger partial charge on any atom is 0.394 e. The van der Waals surface area contributed by atoms with E-state index in [1.807, 2.05) is 4.57 Å². The lowest BCUT2D eigenvalue weighted by molar-refractivity contribution is -0.158. The number of pyridine rings is 1. The highest BCUT2D eigenvalue weighted by molar-refractivity contribution is 7.90. The molecule has 184 valence electrons. The van der Waals surface area contributed by atoms with Crippen molar-refractivity contribution < 1.29 is 31.8 Å². The van der Waals surface area contributed by atoms with Gasteiger partial charge in [0.15, 0.2) is 9.84 Å². The Morgan fingerprint density at radius 1 is 1.11 bits per heavy atom. The molecule has 0 bridgehead atoms. The van der Waals surface area contributed by atoms with E-state index in [9.17, 15) is 22.3 Å². The molecule has 0 radical (unpaired) electrons. The van der Waals surface area contributed by atoms with E-state index in [2.05, 4.69) is 4.98 Å². The molecular formula is C25H24F2N2O5S. The van der Waals surface area contributed by atoms with Crippen LogP contribution in [0.25, 0.3) is 22.0 Å². The van der Waals surface area contributed by atoms with Gasteiger partial charge in [0.05, 0.1) is 24.3 Å². The molecule has 0 unspecified atom stereocenters. The largest absolute Gasteiger partial charge is 0.481 e. The summed E-state index contributed by atoms with van der Waals surface area (Å²) in [4.78, 5) is 4.38. The Labute approximate surface area is 201 Å². The highest BCUT2D eigenvalue weighted by Gasteiger charge is 2.24. The molecule has 10 heteroatoms. The first-order valence-corrected chi connectivity index (χ1v) is 12.5. The number of fused-ring (bicyclic) bond motifs is 1. The highest BCUT2D eigenvalue weighted by Crippen LogP contribution is 2.37. The zero-order valence-electron chi connectivity index (χ0n) is 19.3. The number of sulfone groups is 1. The summed E-state index contributed by atoms with van der Waals surface area (Å²) in [5.74, 6) is 0.417. The van der Waals surface area contributed by atoms with Crippen LogP contribution < -0.4 is 9.47 Å². The summed E-state index contributed by atoms with van der Waals surface area (Å²) in [5.41, 5.74) is 3.12. The molecule has 35 heavy (non-hydrogen) atoms. The molecule has 1 N–H and O–H groups in total. The third kappa shape index (κ3) is 5.28. The summed E-state index contributed by atoms with van der Waals surface area (Å²) in [7, 11) is -1.99. The van der Waals surface area contributed by atoms with Gasteiger partial charge in [0.25, 0.3) is 0 Å². The first-order chi connectivity index (χ1) is 16.5. The van der Waals surface area contributed by atoms with Gasteiger partial charge in [-0.3, -0.25) is 0 Å². The van der Waals surface area contributed by atoms with Crippen molar-refractivity contribution in [1.82, 2.24) is 9.55 Å². The van der Waals surface area contributed by atoms with Crippen molar-refractivity contribution in [2.75, 3.05) is 13.4 Å². The molecular weight excluding hydrogens is 478 g/mol. The maximum atomic E-state index is 13.3. The predicted octanol–water partition coefficient (Wildman–Crippen LogP) is 4.65. The summed E-state index contributed by atoms with van der Waals surface area (Å²) in [5, 5.41) is 11.0. The van der Waals surface area contributed by atoms with E-state index in [1.54, 1.807) is 42.6 Å². The van der Waals surface area contributed by atoms with Crippen LogP contribution >= 0.6 is 0 Å². The van der Waals surface area contributed by atoms with E-state index in [0.717, 1.165) is 6.26 Å². The minimum absolute atomic E-state index is 0.0101. The van der Waals surface area contributed by atoms with Gasteiger partial charge in [-0.15, -0.1) is 0 Å². The number of alkyl halides is 2. The SMILES string of the molecule is COc1ccc(-c2c(CO)n(Cc3cccc(OC(C)(F)F)c3)c3ccc(S(C)(=O)=O)cc23)cn1. The first-order valence-electron chi connectivity index (χ1n) is 10.6. The van der Waals surface area contributed by atoms with Crippen LogP contribution in [0.3, 0.4) is 0 Å². The van der Waals surface area contributed by atoms with Crippen LogP contribution in [-0.4, -0.2) is 42.5 Å². The van der Waals surface area contributed by atoms with Crippen molar-refractivity contribution in [3.63, 3.8) is 0 Å². The van der Waals surface area contributed by atoms with Crippen LogP contribution in [0, 0.1) is 0 Å². The number of hydrogen-bond acceptors (Lipinski definition) is 6. The summed E-state index contributed by atoms with van der Waals surface area (Å²) in [6, 6.07) is 14.5. The van der Waals surface area contributed by atoms with Crippen molar-refractivity contribution in [2.45, 2.75) is 31.1 Å². The van der Waals surface area contributed by atoms with E-state index >= 15 is 0 Å². The molecule has 0 amide bonds. The number of aliphatic hydroxyl groups is 1. The van der Waals surface area contributed by atoms with Crippen LogP contribution in [-0.2, 0) is 23.0 Å². The number of benzene rings is 2. The number of ether oxygens (including phenoxy) is 2. The molecule has 0 fully saturated rings. The second-order valence-corrected chi connectivity index (χ2v) is 10.2. The Morgan fingerprint density at radius 2 is 1.89 bits per heavy atom. The maximum absolute atomic E-state index is 13.3. The third-order valence-electron chi connectivity index (χ3n) is 5.49. The number of aromatic nitrogens is 2. The average Bonchev–Trinajstić information content (AvgIpc) is 3.10. The third-order valence-corrected chi connectivity index (χ3v) is 6.60. The van der Waals surface area contributed by atoms with Crippen LogP contribution in [0.5, 0.6) is 11.6 Å². The fourth-order valence-corrected chi connectivity index (χ4v) is 4.68. The second kappa shape index (κ2) is 9.27. The number of methoxy groups -OCH3 is 1. The van der Waals surface area contributed by atoms with Crippen molar-refractivity contribution in [3.8, 4) is 22.8 Å². The van der Waals surface area contributed by atoms with E-state index in [0.29, 0.717) is 46.1 Å². The van der Waals surface area contributed by atoms with Crippen LogP contribution in [0.2, 0.25) is 0 Å². The normalized spacial score (nSPS) is 12.2. The van der Waals surface area contributed by atoms with Crippen molar-refractivity contribution in [2.24, 2.45) is 0 Å². The number of nitrogens with zero attached hydrogens (tertiary/aromatic N) is 2. The molecule has 4 rings (SSSR count). The van der Waals surface area contributed by atoms with Gasteiger partial charge in [0.1, 0.15) is 5.75 Å². The molecule has 0 aliphatic carbocycles. The molecule has 4 aromatic rings. The number of hydrogen-bond donors (Lipinski definition) is 1. The molecule has 0 atom stereocenters. The lowest BCUT2D eigenvalue weighted by atomic mass is 10.0. The Balaban J connectivity index is 1.91. The first kappa shape index (κ1) is 24.6. The number of halogens is 2. The average molecular weight is 503 g/mol. The summed E-state index contributed by atoms with van der Waals surface area (Å²) < 4.78 is 62.9. The molecule has 7 nitrogen and oxygen atoms in total. The smallest absolute Gasteiger partial charge is 0.394 e. The van der Waals surface area contributed by atoms with Crippen molar-refractivity contribution in [3.05, 3.63) is 72.1 Å². The molecule has 0 aliphatic heterocycles. The Morgan fingerprint density at radius 3 is 2.49 bits per heavy atom. The predicted molar refractivity (Wildman–Crippen MR) is 128 cm³/mol. The highest BCUT2D eigenvalue weighted by atomic mass is 32.2. The summed E-state index contributed by atoms with van der Waals surface area (Å²) in [6.45, 7) is 0.533. The molecule has 2 heterocycles. The molecule has 0 spiro atoms. The molecule has 2 aromatic heterocycles. The van der Waals surface area contributed by atoms with Gasteiger partial charge in [-0.1, -0.05) is 12.1 Å². The van der Waals surface area contributed by atoms with Gasteiger partial charge in [-0.25, -0.2) is 13.4 Å². The van der Waals surface area contributed by atoms with Gasteiger partial charge >= 0.3 is 6.11 Å². The second-order valence-electron chi connectivity index (χ2n) is 8.16. The quantitative estimate of drug-likeness (QED) is 0.377. The fourth-order valence-electron chi connectivity index (χ4n) is 4.03. The lowest BCUT2D eigenvalue weighted by Crippen LogP contribution is -2.19. The van der Waals surface area contributed by atoms with Crippen molar-refractivity contribution in [1.29, 1.82) is 0 Å². The Hall–Kier alpha value is -3.50. The van der Waals surface area contributed by atoms with Crippen molar-refractivity contribution >= 4 is 20.7 Å². The van der Waals surface area contributed by atoms with Gasteiger partial charge in [-0.2, -0.15) is 8.78 Å². The topological polar surface area (TPSA) is 90.7 Å².